The van der Waals surface area contributed by atoms with E-state index in [-0.39, 0.29) is 24.8 Å². The van der Waals surface area contributed by atoms with Gasteiger partial charge in [-0.25, -0.2) is 0 Å². The van der Waals surface area contributed by atoms with E-state index in [9.17, 15) is 0 Å². The molecule has 0 N–H and O–H groups in total. The number of fused-ring (bicyclic) bond motifs is 3. The van der Waals surface area contributed by atoms with E-state index in [0.29, 0.717) is 0 Å². The van der Waals surface area contributed by atoms with Gasteiger partial charge in [-0.3, -0.25) is 0 Å². The molecule has 1 saturated heterocycles. The van der Waals surface area contributed by atoms with E-state index >= 15 is 0 Å². The molecule has 0 amide bonds. The summed E-state index contributed by atoms with van der Waals surface area (Å²) in [4.78, 5) is 0. The van der Waals surface area contributed by atoms with Crippen LogP contribution < -0.4 is 28.1 Å². The first-order valence-corrected chi connectivity index (χ1v) is 15.3. The smallest absolute Gasteiger partial charge is 1.00 e. The number of hydrogen-bond donors (Lipinski definition) is 0. The van der Waals surface area contributed by atoms with Crippen LogP contribution in [-0.2, 0) is 23.2 Å². The summed E-state index contributed by atoms with van der Waals surface area (Å²) in [6.45, 7) is 2.41. The molecule has 1 fully saturated rings. The maximum Gasteiger partial charge on any atom is -1.00 e. The van der Waals surface area contributed by atoms with Gasteiger partial charge in [0.15, 0.2) is 0 Å². The molecule has 0 radical (unpaired) electrons. The van der Waals surface area contributed by atoms with Gasteiger partial charge in [-0.1, -0.05) is 0 Å². The zero-order valence-electron chi connectivity index (χ0n) is 16.3. The predicted molar refractivity (Wildman–Crippen MR) is 110 cm³/mol. The van der Waals surface area contributed by atoms with Gasteiger partial charge >= 0.3 is 171 Å². The molecule has 2 aliphatic carbocycles. The molecule has 1 heterocycles. The Morgan fingerprint density at radius 2 is 1.79 bits per heavy atom. The third-order valence-corrected chi connectivity index (χ3v) is 16.2. The predicted octanol–water partition coefficient (Wildman–Crippen LogP) is 0.160. The van der Waals surface area contributed by atoms with Crippen molar-refractivity contribution in [3.63, 3.8) is 0 Å². The molecule has 2 aromatic rings. The standard InChI is InChI=1S/C19H21Si.C5H5.2ClH.Zr/c1-2-12-20(13-7-14-20)19-17-10-5-3-8-15(17)16-9-4-6-11-18(16)19;1-2-4-5-3-1;;;/h3-6,8-10,19H,2,7,12-14H2,1H3;1-3H,4H2;2*1H;/q;;;;+2/p-2. The van der Waals surface area contributed by atoms with E-state index in [1.165, 1.54) is 25.3 Å². The molecule has 1 unspecified atom stereocenters. The molecule has 1 aliphatic heterocycles. The Kier molecular flexibility index (Phi) is 7.30. The van der Waals surface area contributed by atoms with Crippen LogP contribution in [-0.4, -0.2) is 8.07 Å². The molecule has 0 saturated carbocycles. The second-order valence-corrected chi connectivity index (χ2v) is 16.5. The van der Waals surface area contributed by atoms with Crippen molar-refractivity contribution in [2.45, 2.75) is 49.9 Å². The van der Waals surface area contributed by atoms with Crippen LogP contribution in [0.25, 0.3) is 11.1 Å². The molecule has 3 aliphatic rings. The summed E-state index contributed by atoms with van der Waals surface area (Å²) in [5, 5.41) is 0. The van der Waals surface area contributed by atoms with E-state index in [1.54, 1.807) is 40.9 Å². The van der Waals surface area contributed by atoms with Gasteiger partial charge < -0.3 is 24.8 Å². The van der Waals surface area contributed by atoms with E-state index in [4.69, 9.17) is 0 Å². The van der Waals surface area contributed by atoms with Crippen LogP contribution >= 0.6 is 0 Å². The Bertz CT molecular complexity index is 915. The maximum atomic E-state index is 2.50. The second-order valence-electron chi connectivity index (χ2n) is 8.20. The number of halogens is 2. The van der Waals surface area contributed by atoms with Gasteiger partial charge in [-0.05, 0) is 0 Å². The Morgan fingerprint density at radius 3 is 2.46 bits per heavy atom. The van der Waals surface area contributed by atoms with Gasteiger partial charge in [-0.15, -0.1) is 0 Å². The quantitative estimate of drug-likeness (QED) is 0.509. The summed E-state index contributed by atoms with van der Waals surface area (Å²) in [7, 11) is -1.21. The average molecular weight is 505 g/mol. The zero-order chi connectivity index (χ0) is 17.6. The Morgan fingerprint density at radius 1 is 1.00 bits per heavy atom. The number of rotatable bonds is 5. The van der Waals surface area contributed by atoms with Gasteiger partial charge in [0.2, 0.25) is 0 Å². The first kappa shape index (κ1) is 22.3. The van der Waals surface area contributed by atoms with Gasteiger partial charge in [0.25, 0.3) is 0 Å². The Hall–Kier alpha value is -0.400. The minimum absolute atomic E-state index is 0. The molecule has 0 bridgehead atoms. The minimum atomic E-state index is -1.21. The van der Waals surface area contributed by atoms with E-state index in [1.807, 2.05) is 0 Å². The summed E-state index contributed by atoms with van der Waals surface area (Å²) in [5.41, 5.74) is 7.42. The molecule has 0 nitrogen and oxygen atoms in total. The van der Waals surface area contributed by atoms with Crippen LogP contribution in [0.1, 0.15) is 42.9 Å². The van der Waals surface area contributed by atoms with Gasteiger partial charge in [0, 0.05) is 0 Å². The van der Waals surface area contributed by atoms with Gasteiger partial charge in [-0.2, -0.15) is 0 Å². The van der Waals surface area contributed by atoms with E-state index < -0.39 is 31.3 Å². The monoisotopic (exact) mass is 502 g/mol. The van der Waals surface area contributed by atoms with Crippen molar-refractivity contribution >= 4 is 11.3 Å². The molecule has 1 atom stereocenters. The molecule has 2 aromatic carbocycles. The molecule has 0 aromatic heterocycles. The number of benzene rings is 2. The Balaban J connectivity index is 0.00000112. The molecule has 144 valence electrons. The third-order valence-electron chi connectivity index (χ3n) is 6.73. The normalized spacial score (nSPS) is 20.0. The summed E-state index contributed by atoms with van der Waals surface area (Å²) in [5.74, 6) is 0. The summed E-state index contributed by atoms with van der Waals surface area (Å²) >= 11 is -0.668. The van der Waals surface area contributed by atoms with Crippen molar-refractivity contribution in [2.75, 3.05) is 0 Å². The summed E-state index contributed by atoms with van der Waals surface area (Å²) in [6.07, 6.45) is 11.1. The van der Waals surface area contributed by atoms with Crippen LogP contribution in [0.2, 0.25) is 18.1 Å². The Labute approximate surface area is 194 Å². The van der Waals surface area contributed by atoms with Crippen LogP contribution in [0.3, 0.4) is 0 Å². The number of hydrogen-bond acceptors (Lipinski definition) is 0. The fourth-order valence-corrected chi connectivity index (χ4v) is 14.6. The fourth-order valence-electron chi connectivity index (χ4n) is 5.53. The van der Waals surface area contributed by atoms with Gasteiger partial charge in [0.05, 0.1) is 0 Å². The summed E-state index contributed by atoms with van der Waals surface area (Å²) in [6, 6.07) is 21.3. The third kappa shape index (κ3) is 3.60. The van der Waals surface area contributed by atoms with Crippen molar-refractivity contribution in [3.8, 4) is 11.1 Å². The molecule has 5 rings (SSSR count). The average Bonchev–Trinajstić information content (AvgIpc) is 3.25. The number of allylic oxidation sites excluding steroid dienone is 4. The van der Waals surface area contributed by atoms with E-state index in [0.717, 1.165) is 5.54 Å². The molecule has 4 heteroatoms. The van der Waals surface area contributed by atoms with Crippen molar-refractivity contribution < 1.29 is 48.0 Å². The van der Waals surface area contributed by atoms with Crippen LogP contribution in [0.5, 0.6) is 0 Å². The van der Waals surface area contributed by atoms with Gasteiger partial charge in [0.1, 0.15) is 0 Å². The second kappa shape index (κ2) is 9.17. The van der Waals surface area contributed by atoms with Crippen LogP contribution in [0.4, 0.5) is 0 Å². The first-order chi connectivity index (χ1) is 12.8. The zero-order valence-corrected chi connectivity index (χ0v) is 21.3. The van der Waals surface area contributed by atoms with E-state index in [2.05, 4.69) is 67.6 Å². The molecule has 28 heavy (non-hydrogen) atoms. The topological polar surface area (TPSA) is 0 Å². The summed E-state index contributed by atoms with van der Waals surface area (Å²) < 4.78 is 3.52. The maximum absolute atomic E-state index is 2.50. The van der Waals surface area contributed by atoms with Crippen LogP contribution in [0.15, 0.2) is 64.0 Å². The molecular formula is C24H26Cl2SiZr. The first-order valence-electron chi connectivity index (χ1n) is 10.2. The van der Waals surface area contributed by atoms with Crippen LogP contribution in [0, 0.1) is 0 Å². The largest absolute Gasteiger partial charge is 1.00 e. The van der Waals surface area contributed by atoms with Crippen molar-refractivity contribution in [1.29, 1.82) is 0 Å². The van der Waals surface area contributed by atoms with Crippen molar-refractivity contribution in [3.05, 3.63) is 75.1 Å². The van der Waals surface area contributed by atoms with Crippen molar-refractivity contribution in [1.82, 2.24) is 0 Å². The SMILES string of the molecule is CCC[Si]1(C2c3ccccc3-c3ccc[c]([Zr+2][C]4=CC=CC4)c32)CCC1.[Cl-].[Cl-]. The fraction of sp³-hybridized carbons (Fsp3) is 0.333. The molecular weight excluding hydrogens is 478 g/mol. The molecule has 0 spiro atoms. The minimum Gasteiger partial charge on any atom is -1.00 e. The van der Waals surface area contributed by atoms with Crippen molar-refractivity contribution in [2.24, 2.45) is 0 Å².